The van der Waals surface area contributed by atoms with E-state index >= 15 is 0 Å². The molecule has 44 heavy (non-hydrogen) atoms. The van der Waals surface area contributed by atoms with Gasteiger partial charge in [-0.15, -0.1) is 0 Å². The number of primary amides is 1. The van der Waals surface area contributed by atoms with Crippen molar-refractivity contribution in [1.29, 1.82) is 0 Å². The summed E-state index contributed by atoms with van der Waals surface area (Å²) in [4.78, 5) is 49.1. The van der Waals surface area contributed by atoms with Crippen LogP contribution in [0.2, 0.25) is 0 Å². The highest BCUT2D eigenvalue weighted by atomic mass is 16.7. The molecule has 14 nitrogen and oxygen atoms in total. The van der Waals surface area contributed by atoms with Crippen molar-refractivity contribution < 1.29 is 48.0 Å². The molecule has 248 valence electrons. The predicted octanol–water partition coefficient (Wildman–Crippen LogP) is -0.119. The monoisotopic (exact) mass is 624 g/mol. The number of esters is 1. The minimum absolute atomic E-state index is 0.0230. The van der Waals surface area contributed by atoms with Gasteiger partial charge in [-0.2, -0.15) is 0 Å². The van der Waals surface area contributed by atoms with E-state index in [1.54, 1.807) is 20.8 Å². The van der Waals surface area contributed by atoms with E-state index in [4.69, 9.17) is 30.4 Å². The molecule has 1 unspecified atom stereocenters. The van der Waals surface area contributed by atoms with Gasteiger partial charge in [0.15, 0.2) is 6.29 Å². The van der Waals surface area contributed by atoms with Crippen molar-refractivity contribution in [3.8, 4) is 0 Å². The zero-order chi connectivity index (χ0) is 33.0. The van der Waals surface area contributed by atoms with E-state index in [1.807, 2.05) is 30.3 Å². The summed E-state index contributed by atoms with van der Waals surface area (Å²) in [7, 11) is 2.67. The van der Waals surface area contributed by atoms with Gasteiger partial charge in [-0.1, -0.05) is 44.2 Å². The average Bonchev–Trinajstić information content (AvgIpc) is 2.96. The van der Waals surface area contributed by atoms with Crippen molar-refractivity contribution in [3.05, 3.63) is 35.9 Å². The second-order valence-electron chi connectivity index (χ2n) is 11.3. The third kappa shape index (κ3) is 10.5. The number of carbonyl (C=O) groups excluding carboxylic acids is 4. The van der Waals surface area contributed by atoms with Gasteiger partial charge in [0.05, 0.1) is 26.4 Å². The number of nitrogens with two attached hydrogens (primary N) is 2. The first-order valence-electron chi connectivity index (χ1n) is 14.6. The molecular weight excluding hydrogens is 576 g/mol. The van der Waals surface area contributed by atoms with Gasteiger partial charge in [0.1, 0.15) is 35.9 Å². The van der Waals surface area contributed by atoms with E-state index < -0.39 is 77.9 Å². The van der Waals surface area contributed by atoms with Gasteiger partial charge in [-0.25, -0.2) is 0 Å². The highest BCUT2D eigenvalue weighted by Crippen LogP contribution is 2.29. The van der Waals surface area contributed by atoms with Crippen molar-refractivity contribution in [2.24, 2.45) is 17.4 Å². The van der Waals surface area contributed by atoms with E-state index in [0.717, 1.165) is 5.56 Å². The summed E-state index contributed by atoms with van der Waals surface area (Å²) in [6, 6.07) is 7.36. The molecule has 0 spiro atoms. The smallest absolute Gasteiger partial charge is 0.305 e. The van der Waals surface area contributed by atoms with Gasteiger partial charge >= 0.3 is 5.97 Å². The molecule has 8 atom stereocenters. The third-order valence-electron chi connectivity index (χ3n) is 7.68. The molecule has 0 bridgehead atoms. The number of hydrogen-bond donors (Lipinski definition) is 5. The topological polar surface area (TPSA) is 211 Å². The Bertz CT molecular complexity index is 1090. The Labute approximate surface area is 258 Å². The molecule has 3 amide bonds. The Hall–Kier alpha value is -3.14. The molecule has 1 aromatic rings. The van der Waals surface area contributed by atoms with Crippen LogP contribution < -0.4 is 22.1 Å². The quantitative estimate of drug-likeness (QED) is 0.144. The molecule has 1 aliphatic rings. The number of methoxy groups -OCH3 is 2. The normalized spacial score (nSPS) is 24.5. The van der Waals surface area contributed by atoms with Gasteiger partial charge in [-0.3, -0.25) is 19.2 Å². The summed E-state index contributed by atoms with van der Waals surface area (Å²) in [6.07, 6.45) is -4.85. The number of aliphatic hydroxyl groups excluding tert-OH is 1. The maximum Gasteiger partial charge on any atom is 0.305 e. The standard InChI is InChI=1S/C30H48N4O10/c1-17(2)30(32,29(39)34-21(27(31)37)12-13-23(36)40-5)14-18(3)43-26-24(33-19(4)35)28(38)44-22(25(26)41-6)16-42-15-20-10-8-7-9-11-20/h7-11,17-18,21-22,24-26,28,38H,12-16,32H2,1-6H3,(H2,31,37)(H,33,35)(H,34,39)/t18?,21-,22-,24-,25-,26-,28+,30+/m1/s1. The summed E-state index contributed by atoms with van der Waals surface area (Å²) in [5.74, 6) is -2.88. The maximum atomic E-state index is 13.5. The fourth-order valence-electron chi connectivity index (χ4n) is 5.08. The lowest BCUT2D eigenvalue weighted by Crippen LogP contribution is -2.66. The molecule has 1 saturated heterocycles. The Kier molecular flexibility index (Phi) is 14.6. The number of aliphatic hydroxyl groups is 1. The Morgan fingerprint density at radius 1 is 1.09 bits per heavy atom. The predicted molar refractivity (Wildman–Crippen MR) is 158 cm³/mol. The summed E-state index contributed by atoms with van der Waals surface area (Å²) in [5.41, 5.74) is 11.5. The molecule has 1 aromatic carbocycles. The molecule has 1 aliphatic heterocycles. The number of ether oxygens (including phenoxy) is 5. The molecule has 0 aromatic heterocycles. The van der Waals surface area contributed by atoms with E-state index in [-0.39, 0.29) is 25.9 Å². The first-order chi connectivity index (χ1) is 20.7. The van der Waals surface area contributed by atoms with E-state index in [0.29, 0.717) is 6.61 Å². The van der Waals surface area contributed by atoms with Gasteiger partial charge in [0.25, 0.3) is 0 Å². The fraction of sp³-hybridized carbons (Fsp3) is 0.667. The minimum atomic E-state index is -1.54. The Morgan fingerprint density at radius 2 is 1.75 bits per heavy atom. The molecule has 2 rings (SSSR count). The molecule has 7 N–H and O–H groups in total. The van der Waals surface area contributed by atoms with Crippen LogP contribution in [0, 0.1) is 5.92 Å². The highest BCUT2D eigenvalue weighted by molar-refractivity contribution is 5.92. The van der Waals surface area contributed by atoms with Crippen LogP contribution in [0.15, 0.2) is 30.3 Å². The summed E-state index contributed by atoms with van der Waals surface area (Å²) in [5, 5.41) is 16.1. The number of carbonyl (C=O) groups is 4. The van der Waals surface area contributed by atoms with E-state index in [2.05, 4.69) is 15.4 Å². The Morgan fingerprint density at radius 3 is 2.30 bits per heavy atom. The van der Waals surface area contributed by atoms with Gasteiger partial charge in [0.2, 0.25) is 17.7 Å². The van der Waals surface area contributed by atoms with E-state index in [1.165, 1.54) is 21.1 Å². The molecular formula is C30H48N4O10. The zero-order valence-electron chi connectivity index (χ0n) is 26.3. The molecule has 1 fully saturated rings. The first kappa shape index (κ1) is 37.0. The maximum absolute atomic E-state index is 13.5. The molecule has 0 aliphatic carbocycles. The molecule has 0 saturated carbocycles. The minimum Gasteiger partial charge on any atom is -0.469 e. The van der Waals surface area contributed by atoms with Gasteiger partial charge in [0, 0.05) is 26.9 Å². The van der Waals surface area contributed by atoms with Gasteiger partial charge < -0.3 is 50.9 Å². The highest BCUT2D eigenvalue weighted by Gasteiger charge is 2.49. The number of nitrogens with one attached hydrogen (secondary N) is 2. The lowest BCUT2D eigenvalue weighted by molar-refractivity contribution is -0.275. The summed E-state index contributed by atoms with van der Waals surface area (Å²) >= 11 is 0. The zero-order valence-corrected chi connectivity index (χ0v) is 26.3. The largest absolute Gasteiger partial charge is 0.469 e. The average molecular weight is 625 g/mol. The van der Waals surface area contributed by atoms with Crippen molar-refractivity contribution in [2.45, 2.75) is 102 Å². The first-order valence-corrected chi connectivity index (χ1v) is 14.6. The number of benzene rings is 1. The van der Waals surface area contributed by atoms with Crippen molar-refractivity contribution in [2.75, 3.05) is 20.8 Å². The molecule has 1 heterocycles. The van der Waals surface area contributed by atoms with Crippen LogP contribution in [0.1, 0.15) is 52.5 Å². The van der Waals surface area contributed by atoms with Crippen LogP contribution >= 0.6 is 0 Å². The molecule has 0 radical (unpaired) electrons. The second-order valence-corrected chi connectivity index (χ2v) is 11.3. The Balaban J connectivity index is 2.21. The van der Waals surface area contributed by atoms with Crippen molar-refractivity contribution >= 4 is 23.7 Å². The van der Waals surface area contributed by atoms with Crippen LogP contribution in [-0.2, 0) is 49.5 Å². The summed E-state index contributed by atoms with van der Waals surface area (Å²) < 4.78 is 28.4. The fourth-order valence-corrected chi connectivity index (χ4v) is 5.08. The number of rotatable bonds is 17. The van der Waals surface area contributed by atoms with Crippen LogP contribution in [0.25, 0.3) is 0 Å². The second kappa shape index (κ2) is 17.4. The SMILES string of the molecule is COC(=O)CC[C@@H](NC(=O)[C@](N)(CC(C)O[C@@H]1[C@@H](NC(C)=O)[C@@H](O)O[C@H](COCc2ccccc2)[C@H]1OC)C(C)C)C(N)=O. The lowest BCUT2D eigenvalue weighted by atomic mass is 9.81. The van der Waals surface area contributed by atoms with Crippen LogP contribution in [-0.4, -0.2) is 98.0 Å². The third-order valence-corrected chi connectivity index (χ3v) is 7.68. The van der Waals surface area contributed by atoms with Gasteiger partial charge in [-0.05, 0) is 24.8 Å². The number of amides is 3. The van der Waals surface area contributed by atoms with Crippen LogP contribution in [0.4, 0.5) is 0 Å². The van der Waals surface area contributed by atoms with Crippen LogP contribution in [0.5, 0.6) is 0 Å². The lowest BCUT2D eigenvalue weighted by Gasteiger charge is -2.46. The van der Waals surface area contributed by atoms with Crippen LogP contribution in [0.3, 0.4) is 0 Å². The molecule has 14 heteroatoms. The van der Waals surface area contributed by atoms with Crippen molar-refractivity contribution in [3.63, 3.8) is 0 Å². The van der Waals surface area contributed by atoms with E-state index in [9.17, 15) is 24.3 Å². The summed E-state index contributed by atoms with van der Waals surface area (Å²) in [6.45, 7) is 6.84. The number of hydrogen-bond acceptors (Lipinski definition) is 11. The van der Waals surface area contributed by atoms with Crippen molar-refractivity contribution in [1.82, 2.24) is 10.6 Å².